The molecule has 3 rings (SSSR count). The van der Waals surface area contributed by atoms with Gasteiger partial charge in [-0.05, 0) is 50.0 Å². The summed E-state index contributed by atoms with van der Waals surface area (Å²) in [7, 11) is 0. The molecule has 3 aliphatic rings. The van der Waals surface area contributed by atoms with Crippen molar-refractivity contribution in [1.29, 1.82) is 0 Å². The van der Waals surface area contributed by atoms with E-state index >= 15 is 0 Å². The summed E-state index contributed by atoms with van der Waals surface area (Å²) in [4.78, 5) is 37.2. The Balaban J connectivity index is 1.64. The van der Waals surface area contributed by atoms with Crippen LogP contribution in [0.2, 0.25) is 0 Å². The molecule has 31 heavy (non-hydrogen) atoms. The molecule has 1 saturated carbocycles. The first-order valence-electron chi connectivity index (χ1n) is 10.6. The zero-order valence-corrected chi connectivity index (χ0v) is 17.7. The van der Waals surface area contributed by atoms with Crippen molar-refractivity contribution in [2.75, 3.05) is 0 Å². The minimum absolute atomic E-state index is 0.0449. The van der Waals surface area contributed by atoms with Crippen LogP contribution in [0.3, 0.4) is 0 Å². The maximum Gasteiger partial charge on any atom is 0.408 e. The Labute approximate surface area is 183 Å². The van der Waals surface area contributed by atoms with Gasteiger partial charge < -0.3 is 10.4 Å². The molecule has 2 N–H and O–H groups in total. The van der Waals surface area contributed by atoms with Crippen LogP contribution in [0.5, 0.6) is 0 Å². The molecule has 0 aromatic heterocycles. The minimum atomic E-state index is -4.68. The van der Waals surface area contributed by atoms with Gasteiger partial charge in [0.25, 0.3) is 0 Å². The Morgan fingerprint density at radius 3 is 2.48 bits per heavy atom. The van der Waals surface area contributed by atoms with Crippen molar-refractivity contribution in [2.45, 2.75) is 69.6 Å². The standard InChI is InChI=1S/C21H26ClF3N2O4/c22-14-8-4-5-12(11-14)9-10-15-16(19(29)30)27(18(15)28)20(31)26-17(21(23,24)25)13-6-2-1-3-7-13/h4-5,8,12-13,15-17H,1-3,6-7,9-11H2,(H,26,31)(H,29,30)/t12?,15-,16+,17+/m1/s1. The number of imide groups is 1. The normalized spacial score (nSPS) is 28.0. The fourth-order valence-corrected chi connectivity index (χ4v) is 5.04. The van der Waals surface area contributed by atoms with Crippen LogP contribution < -0.4 is 5.32 Å². The number of nitrogens with one attached hydrogen (secondary N) is 1. The van der Waals surface area contributed by atoms with Gasteiger partial charge in [-0.2, -0.15) is 13.2 Å². The first kappa shape index (κ1) is 23.6. The quantitative estimate of drug-likeness (QED) is 0.565. The number of hydrogen-bond acceptors (Lipinski definition) is 3. The van der Waals surface area contributed by atoms with Gasteiger partial charge in [-0.1, -0.05) is 43.0 Å². The van der Waals surface area contributed by atoms with Crippen LogP contribution >= 0.6 is 11.6 Å². The molecule has 1 unspecified atom stereocenters. The molecule has 0 radical (unpaired) electrons. The summed E-state index contributed by atoms with van der Waals surface area (Å²) in [6, 6.07) is -4.85. The molecule has 6 nitrogen and oxygen atoms in total. The van der Waals surface area contributed by atoms with Gasteiger partial charge in [-0.25, -0.2) is 14.5 Å². The summed E-state index contributed by atoms with van der Waals surface area (Å²) < 4.78 is 40.7. The van der Waals surface area contributed by atoms with E-state index in [1.165, 1.54) is 0 Å². The lowest BCUT2D eigenvalue weighted by Crippen LogP contribution is -2.69. The number of allylic oxidation sites excluding steroid dienone is 4. The Kier molecular flexibility index (Phi) is 7.34. The predicted octanol–water partition coefficient (Wildman–Crippen LogP) is 4.60. The highest BCUT2D eigenvalue weighted by Gasteiger charge is 2.56. The third kappa shape index (κ3) is 5.42. The number of urea groups is 1. The van der Waals surface area contributed by atoms with E-state index in [-0.39, 0.29) is 12.3 Å². The summed E-state index contributed by atoms with van der Waals surface area (Å²) in [5.41, 5.74) is 0. The molecule has 3 amide bonds. The number of rotatable bonds is 6. The fourth-order valence-electron chi connectivity index (χ4n) is 4.77. The van der Waals surface area contributed by atoms with Crippen molar-refractivity contribution in [3.05, 3.63) is 23.3 Å². The maximum atomic E-state index is 13.6. The molecule has 2 aliphatic carbocycles. The van der Waals surface area contributed by atoms with E-state index in [1.54, 1.807) is 12.2 Å². The highest BCUT2D eigenvalue weighted by Crippen LogP contribution is 2.37. The third-order valence-corrected chi connectivity index (χ3v) is 6.68. The number of likely N-dealkylation sites (tertiary alicyclic amines) is 1. The largest absolute Gasteiger partial charge is 0.480 e. The monoisotopic (exact) mass is 462 g/mol. The number of aliphatic carboxylic acids is 1. The van der Waals surface area contributed by atoms with Crippen molar-refractivity contribution in [3.63, 3.8) is 0 Å². The van der Waals surface area contributed by atoms with Gasteiger partial charge in [-0.15, -0.1) is 0 Å². The number of carbonyl (C=O) groups is 3. The SMILES string of the molecule is O=C(O)[C@@H]1[C@@H](CCC2C=CC=C(Cl)C2)C(=O)N1C(=O)N[C@@H](C1CCCCC1)C(F)(F)F. The molecule has 1 heterocycles. The van der Waals surface area contributed by atoms with Crippen molar-refractivity contribution in [1.82, 2.24) is 10.2 Å². The summed E-state index contributed by atoms with van der Waals surface area (Å²) >= 11 is 5.99. The van der Waals surface area contributed by atoms with E-state index in [0.717, 1.165) is 6.42 Å². The van der Waals surface area contributed by atoms with Crippen LogP contribution in [0.1, 0.15) is 51.4 Å². The van der Waals surface area contributed by atoms with Gasteiger partial charge in [-0.3, -0.25) is 4.79 Å². The predicted molar refractivity (Wildman–Crippen MR) is 107 cm³/mol. The third-order valence-electron chi connectivity index (χ3n) is 6.40. The first-order chi connectivity index (χ1) is 14.6. The van der Waals surface area contributed by atoms with Gasteiger partial charge in [0.15, 0.2) is 6.04 Å². The summed E-state index contributed by atoms with van der Waals surface area (Å²) in [6.07, 6.45) is 4.84. The molecule has 4 atom stereocenters. The molecular formula is C21H26ClF3N2O4. The highest BCUT2D eigenvalue weighted by atomic mass is 35.5. The zero-order chi connectivity index (χ0) is 22.8. The van der Waals surface area contributed by atoms with E-state index in [2.05, 4.69) is 0 Å². The van der Waals surface area contributed by atoms with Crippen LogP contribution in [0.4, 0.5) is 18.0 Å². The molecule has 0 aromatic carbocycles. The number of β-lactam (4-membered cyclic amide) rings is 1. The van der Waals surface area contributed by atoms with Crippen molar-refractivity contribution in [3.8, 4) is 0 Å². The summed E-state index contributed by atoms with van der Waals surface area (Å²) in [6.45, 7) is 0. The lowest BCUT2D eigenvalue weighted by molar-refractivity contribution is -0.173. The average molecular weight is 463 g/mol. The average Bonchev–Trinajstić information content (AvgIpc) is 2.69. The highest BCUT2D eigenvalue weighted by molar-refractivity contribution is 6.29. The molecule has 1 saturated heterocycles. The van der Waals surface area contributed by atoms with Crippen molar-refractivity contribution in [2.24, 2.45) is 17.8 Å². The summed E-state index contributed by atoms with van der Waals surface area (Å²) in [5.74, 6) is -3.83. The molecule has 1 aliphatic heterocycles. The molecule has 10 heteroatoms. The van der Waals surface area contributed by atoms with Gasteiger partial charge in [0.2, 0.25) is 5.91 Å². The maximum absolute atomic E-state index is 13.6. The number of alkyl halides is 3. The van der Waals surface area contributed by atoms with Gasteiger partial charge >= 0.3 is 18.2 Å². The van der Waals surface area contributed by atoms with E-state index < -0.39 is 48.0 Å². The topological polar surface area (TPSA) is 86.7 Å². The number of carbonyl (C=O) groups excluding carboxylic acids is 2. The second kappa shape index (κ2) is 9.63. The van der Waals surface area contributed by atoms with Crippen LogP contribution in [0.25, 0.3) is 0 Å². The van der Waals surface area contributed by atoms with Crippen molar-refractivity contribution >= 4 is 29.5 Å². The van der Waals surface area contributed by atoms with Gasteiger partial charge in [0.05, 0.1) is 5.92 Å². The second-order valence-electron chi connectivity index (χ2n) is 8.50. The number of hydrogen-bond donors (Lipinski definition) is 2. The zero-order valence-electron chi connectivity index (χ0n) is 16.9. The summed E-state index contributed by atoms with van der Waals surface area (Å²) in [5, 5.41) is 12.1. The molecule has 2 fully saturated rings. The van der Waals surface area contributed by atoms with Crippen molar-refractivity contribution < 1.29 is 32.7 Å². The molecule has 0 bridgehead atoms. The lowest BCUT2D eigenvalue weighted by atomic mass is 9.80. The number of amides is 3. The minimum Gasteiger partial charge on any atom is -0.480 e. The fraction of sp³-hybridized carbons (Fsp3) is 0.667. The Morgan fingerprint density at radius 2 is 1.90 bits per heavy atom. The second-order valence-corrected chi connectivity index (χ2v) is 8.99. The van der Waals surface area contributed by atoms with Gasteiger partial charge in [0, 0.05) is 5.03 Å². The lowest BCUT2D eigenvalue weighted by Gasteiger charge is -2.44. The molecule has 0 spiro atoms. The Hall–Kier alpha value is -2.03. The van der Waals surface area contributed by atoms with Gasteiger partial charge in [0.1, 0.15) is 6.04 Å². The number of nitrogens with zero attached hydrogens (tertiary/aromatic N) is 1. The molecule has 0 aromatic rings. The van der Waals surface area contributed by atoms with E-state index in [1.807, 2.05) is 11.4 Å². The smallest absolute Gasteiger partial charge is 0.408 e. The van der Waals surface area contributed by atoms with E-state index in [9.17, 15) is 32.7 Å². The number of carboxylic acids is 1. The Morgan fingerprint density at radius 1 is 1.23 bits per heavy atom. The van der Waals surface area contributed by atoms with E-state index in [4.69, 9.17) is 11.6 Å². The Bertz CT molecular complexity index is 777. The van der Waals surface area contributed by atoms with Crippen LogP contribution in [-0.4, -0.2) is 46.2 Å². The van der Waals surface area contributed by atoms with Crippen LogP contribution in [0, 0.1) is 17.8 Å². The number of carboxylic acid groups (broad SMARTS) is 1. The number of halogens is 4. The molecular weight excluding hydrogens is 437 g/mol. The molecule has 172 valence electrons. The van der Waals surface area contributed by atoms with Crippen LogP contribution in [-0.2, 0) is 9.59 Å². The first-order valence-corrected chi connectivity index (χ1v) is 10.9. The van der Waals surface area contributed by atoms with E-state index in [0.29, 0.717) is 48.5 Å². The van der Waals surface area contributed by atoms with Crippen LogP contribution in [0.15, 0.2) is 23.3 Å².